The van der Waals surface area contributed by atoms with E-state index in [-0.39, 0.29) is 4.90 Å². The van der Waals surface area contributed by atoms with Gasteiger partial charge in [0.25, 0.3) is 0 Å². The van der Waals surface area contributed by atoms with E-state index in [1.165, 1.54) is 26.5 Å². The second-order valence-corrected chi connectivity index (χ2v) is 5.96. The van der Waals surface area contributed by atoms with E-state index < -0.39 is 9.84 Å². The van der Waals surface area contributed by atoms with Crippen LogP contribution in [0.4, 0.5) is 0 Å². The standard InChI is InChI=1S/C12H19NO4S/c1-16-10-7-9(5-4-6-13)12(18(3,14)15)8-11(10)17-2/h7-8H,4-6,13H2,1-3H3. The lowest BCUT2D eigenvalue weighted by molar-refractivity contribution is 0.353. The van der Waals surface area contributed by atoms with Crippen LogP contribution in [0.3, 0.4) is 0 Å². The summed E-state index contributed by atoms with van der Waals surface area (Å²) in [5, 5.41) is 0. The maximum atomic E-state index is 11.8. The quantitative estimate of drug-likeness (QED) is 0.836. The monoisotopic (exact) mass is 273 g/mol. The van der Waals surface area contributed by atoms with Gasteiger partial charge in [0, 0.05) is 12.3 Å². The minimum atomic E-state index is -3.30. The number of rotatable bonds is 6. The van der Waals surface area contributed by atoms with Gasteiger partial charge in [-0.15, -0.1) is 0 Å². The van der Waals surface area contributed by atoms with E-state index in [4.69, 9.17) is 15.2 Å². The summed E-state index contributed by atoms with van der Waals surface area (Å²) in [6.07, 6.45) is 2.50. The topological polar surface area (TPSA) is 78.6 Å². The van der Waals surface area contributed by atoms with Gasteiger partial charge in [0.15, 0.2) is 21.3 Å². The van der Waals surface area contributed by atoms with Crippen molar-refractivity contribution >= 4 is 9.84 Å². The van der Waals surface area contributed by atoms with Crippen molar-refractivity contribution in [3.05, 3.63) is 17.7 Å². The van der Waals surface area contributed by atoms with Crippen molar-refractivity contribution in [1.29, 1.82) is 0 Å². The van der Waals surface area contributed by atoms with E-state index in [9.17, 15) is 8.42 Å². The molecule has 1 aromatic carbocycles. The molecule has 0 saturated carbocycles. The lowest BCUT2D eigenvalue weighted by Crippen LogP contribution is -2.07. The van der Waals surface area contributed by atoms with Crippen LogP contribution in [0.2, 0.25) is 0 Å². The fourth-order valence-electron chi connectivity index (χ4n) is 1.74. The first-order valence-electron chi connectivity index (χ1n) is 5.59. The molecule has 6 heteroatoms. The molecule has 1 rings (SSSR count). The van der Waals surface area contributed by atoms with Gasteiger partial charge < -0.3 is 15.2 Å². The minimum Gasteiger partial charge on any atom is -0.493 e. The number of nitrogens with two attached hydrogens (primary N) is 1. The van der Waals surface area contributed by atoms with Gasteiger partial charge in [0.2, 0.25) is 0 Å². The summed E-state index contributed by atoms with van der Waals surface area (Å²) in [5.74, 6) is 0.936. The van der Waals surface area contributed by atoms with E-state index in [2.05, 4.69) is 0 Å². The zero-order valence-electron chi connectivity index (χ0n) is 10.9. The Morgan fingerprint density at radius 1 is 1.17 bits per heavy atom. The average Bonchev–Trinajstić information content (AvgIpc) is 2.33. The molecule has 0 radical (unpaired) electrons. The molecule has 0 unspecified atom stereocenters. The fraction of sp³-hybridized carbons (Fsp3) is 0.500. The van der Waals surface area contributed by atoms with Crippen LogP contribution in [0.25, 0.3) is 0 Å². The number of ether oxygens (including phenoxy) is 2. The average molecular weight is 273 g/mol. The Kier molecular flexibility index (Phi) is 4.98. The van der Waals surface area contributed by atoms with Gasteiger partial charge in [0.1, 0.15) is 0 Å². The van der Waals surface area contributed by atoms with Crippen LogP contribution in [0.15, 0.2) is 17.0 Å². The Labute approximate surface area is 108 Å². The maximum absolute atomic E-state index is 11.8. The van der Waals surface area contributed by atoms with E-state index in [1.54, 1.807) is 6.07 Å². The normalized spacial score (nSPS) is 11.3. The van der Waals surface area contributed by atoms with Crippen LogP contribution >= 0.6 is 0 Å². The first kappa shape index (κ1) is 14.8. The van der Waals surface area contributed by atoms with E-state index >= 15 is 0 Å². The highest BCUT2D eigenvalue weighted by molar-refractivity contribution is 7.90. The molecule has 0 aliphatic heterocycles. The molecule has 5 nitrogen and oxygen atoms in total. The first-order valence-corrected chi connectivity index (χ1v) is 7.48. The highest BCUT2D eigenvalue weighted by Crippen LogP contribution is 2.33. The highest BCUT2D eigenvalue weighted by atomic mass is 32.2. The Balaban J connectivity index is 3.36. The number of sulfone groups is 1. The molecule has 0 aliphatic carbocycles. The summed E-state index contributed by atoms with van der Waals surface area (Å²) in [6.45, 7) is 0.511. The van der Waals surface area contributed by atoms with Gasteiger partial charge in [-0.2, -0.15) is 0 Å². The van der Waals surface area contributed by atoms with Crippen LogP contribution in [0.5, 0.6) is 11.5 Å². The maximum Gasteiger partial charge on any atom is 0.175 e. The van der Waals surface area contributed by atoms with Gasteiger partial charge in [-0.1, -0.05) is 0 Å². The molecule has 0 saturated heterocycles. The molecular weight excluding hydrogens is 254 g/mol. The first-order chi connectivity index (χ1) is 8.43. The van der Waals surface area contributed by atoms with E-state index in [0.29, 0.717) is 30.0 Å². The second kappa shape index (κ2) is 6.06. The molecule has 0 fully saturated rings. The summed E-state index contributed by atoms with van der Waals surface area (Å²) in [4.78, 5) is 0.272. The third-order valence-electron chi connectivity index (χ3n) is 2.62. The van der Waals surface area contributed by atoms with Crippen LogP contribution in [0.1, 0.15) is 12.0 Å². The largest absolute Gasteiger partial charge is 0.493 e. The summed E-state index contributed by atoms with van der Waals surface area (Å²) in [6, 6.07) is 3.20. The van der Waals surface area contributed by atoms with Gasteiger partial charge in [-0.25, -0.2) is 8.42 Å². The molecular formula is C12H19NO4S. The van der Waals surface area contributed by atoms with Crippen LogP contribution < -0.4 is 15.2 Å². The molecule has 1 aromatic rings. The zero-order chi connectivity index (χ0) is 13.8. The van der Waals surface area contributed by atoms with Crippen molar-refractivity contribution in [2.45, 2.75) is 17.7 Å². The number of benzene rings is 1. The van der Waals surface area contributed by atoms with Gasteiger partial charge >= 0.3 is 0 Å². The third kappa shape index (κ3) is 3.36. The van der Waals surface area contributed by atoms with Crippen molar-refractivity contribution in [2.75, 3.05) is 27.0 Å². The summed E-state index contributed by atoms with van der Waals surface area (Å²) in [7, 11) is -0.304. The molecule has 18 heavy (non-hydrogen) atoms. The molecule has 0 amide bonds. The third-order valence-corrected chi connectivity index (χ3v) is 3.80. The van der Waals surface area contributed by atoms with Crippen molar-refractivity contribution in [2.24, 2.45) is 5.73 Å². The second-order valence-electron chi connectivity index (χ2n) is 3.98. The lowest BCUT2D eigenvalue weighted by atomic mass is 10.1. The molecule has 0 spiro atoms. The molecule has 102 valence electrons. The summed E-state index contributed by atoms with van der Waals surface area (Å²) in [5.41, 5.74) is 6.17. The van der Waals surface area contributed by atoms with Crippen molar-refractivity contribution in [3.63, 3.8) is 0 Å². The van der Waals surface area contributed by atoms with Crippen molar-refractivity contribution in [1.82, 2.24) is 0 Å². The SMILES string of the molecule is COc1cc(CCCN)c(S(C)(=O)=O)cc1OC. The molecule has 0 heterocycles. The molecule has 0 aliphatic rings. The Hall–Kier alpha value is -1.27. The van der Waals surface area contributed by atoms with Gasteiger partial charge in [-0.05, 0) is 31.0 Å². The Morgan fingerprint density at radius 3 is 2.17 bits per heavy atom. The Morgan fingerprint density at radius 2 is 1.72 bits per heavy atom. The highest BCUT2D eigenvalue weighted by Gasteiger charge is 2.17. The van der Waals surface area contributed by atoms with Crippen LogP contribution in [0, 0.1) is 0 Å². The smallest absolute Gasteiger partial charge is 0.175 e. The van der Waals surface area contributed by atoms with Crippen molar-refractivity contribution < 1.29 is 17.9 Å². The minimum absolute atomic E-state index is 0.272. The number of aryl methyl sites for hydroxylation is 1. The van der Waals surface area contributed by atoms with Gasteiger partial charge in [0.05, 0.1) is 19.1 Å². The molecule has 0 bridgehead atoms. The fourth-order valence-corrected chi connectivity index (χ4v) is 2.69. The Bertz CT molecular complexity index is 511. The molecule has 0 aromatic heterocycles. The van der Waals surface area contributed by atoms with E-state index in [1.807, 2.05) is 0 Å². The van der Waals surface area contributed by atoms with Crippen molar-refractivity contribution in [3.8, 4) is 11.5 Å². The van der Waals surface area contributed by atoms with Crippen LogP contribution in [-0.4, -0.2) is 35.4 Å². The van der Waals surface area contributed by atoms with E-state index in [0.717, 1.165) is 6.42 Å². The lowest BCUT2D eigenvalue weighted by Gasteiger charge is -2.13. The van der Waals surface area contributed by atoms with Crippen LogP contribution in [-0.2, 0) is 16.3 Å². The molecule has 2 N–H and O–H groups in total. The predicted molar refractivity (Wildman–Crippen MR) is 70.0 cm³/mol. The summed E-state index contributed by atoms with van der Waals surface area (Å²) >= 11 is 0. The summed E-state index contributed by atoms with van der Waals surface area (Å²) < 4.78 is 33.8. The predicted octanol–water partition coefficient (Wildman–Crippen LogP) is 0.999. The number of hydrogen-bond acceptors (Lipinski definition) is 5. The molecule has 0 atom stereocenters. The number of hydrogen-bond donors (Lipinski definition) is 1. The zero-order valence-corrected chi connectivity index (χ0v) is 11.7. The number of methoxy groups -OCH3 is 2. The van der Waals surface area contributed by atoms with Gasteiger partial charge in [-0.3, -0.25) is 0 Å².